The Balaban J connectivity index is 2.13. The molecule has 0 bridgehead atoms. The molecule has 2 aromatic rings. The second-order valence-corrected chi connectivity index (χ2v) is 7.88. The second-order valence-electron chi connectivity index (χ2n) is 7.88. The van der Waals surface area contributed by atoms with Crippen molar-refractivity contribution in [1.82, 2.24) is 0 Å². The molecular weight excluding hydrogens is 388 g/mol. The van der Waals surface area contributed by atoms with Gasteiger partial charge in [0.2, 0.25) is 0 Å². The number of benzene rings is 2. The van der Waals surface area contributed by atoms with Gasteiger partial charge >= 0.3 is 5.97 Å². The van der Waals surface area contributed by atoms with Gasteiger partial charge in [-0.15, -0.1) is 0 Å². The Kier molecular flexibility index (Phi) is 7.71. The third kappa shape index (κ3) is 6.35. The molecule has 0 saturated heterocycles. The molecule has 0 radical (unpaired) electrons. The molecule has 1 aliphatic rings. The SMILES string of the molecule is C=C1CCC/C(=C\C(CCC(=O)OCC)=C(c2ccc(O)cc2)c2ccc(O)cc2)C1. The Bertz CT molecular complexity index is 931. The highest BCUT2D eigenvalue weighted by Crippen LogP contribution is 2.35. The number of ether oxygens (including phenoxy) is 1. The van der Waals surface area contributed by atoms with E-state index in [9.17, 15) is 15.0 Å². The molecule has 0 aliphatic heterocycles. The summed E-state index contributed by atoms with van der Waals surface area (Å²) < 4.78 is 5.16. The first-order valence-corrected chi connectivity index (χ1v) is 10.8. The fourth-order valence-electron chi connectivity index (χ4n) is 3.97. The molecule has 3 rings (SSSR count). The lowest BCUT2D eigenvalue weighted by Gasteiger charge is -2.20. The predicted octanol–water partition coefficient (Wildman–Crippen LogP) is 6.30. The van der Waals surface area contributed by atoms with E-state index in [-0.39, 0.29) is 23.9 Å². The number of aromatic hydroxyl groups is 2. The first kappa shape index (κ1) is 22.4. The highest BCUT2D eigenvalue weighted by molar-refractivity contribution is 5.84. The van der Waals surface area contributed by atoms with Gasteiger partial charge in [-0.25, -0.2) is 0 Å². The van der Waals surface area contributed by atoms with Crippen LogP contribution in [-0.2, 0) is 9.53 Å². The number of rotatable bonds is 7. The van der Waals surface area contributed by atoms with E-state index in [0.717, 1.165) is 48.0 Å². The van der Waals surface area contributed by atoms with Crippen molar-refractivity contribution in [1.29, 1.82) is 0 Å². The fourth-order valence-corrected chi connectivity index (χ4v) is 3.97. The van der Waals surface area contributed by atoms with Crippen LogP contribution in [0.5, 0.6) is 11.5 Å². The summed E-state index contributed by atoms with van der Waals surface area (Å²) >= 11 is 0. The fraction of sp³-hybridized carbons (Fsp3) is 0.296. The zero-order valence-corrected chi connectivity index (χ0v) is 18.1. The van der Waals surface area contributed by atoms with Crippen LogP contribution in [0.4, 0.5) is 0 Å². The molecule has 0 heterocycles. The van der Waals surface area contributed by atoms with Crippen molar-refractivity contribution in [3.05, 3.63) is 89.0 Å². The molecule has 1 fully saturated rings. The van der Waals surface area contributed by atoms with Gasteiger partial charge in [-0.1, -0.05) is 48.1 Å². The Labute approximate surface area is 184 Å². The van der Waals surface area contributed by atoms with E-state index in [1.165, 1.54) is 11.1 Å². The predicted molar refractivity (Wildman–Crippen MR) is 124 cm³/mol. The lowest BCUT2D eigenvalue weighted by atomic mass is 9.86. The molecule has 1 saturated carbocycles. The van der Waals surface area contributed by atoms with Crippen molar-refractivity contribution in [2.24, 2.45) is 0 Å². The first-order valence-electron chi connectivity index (χ1n) is 10.8. The number of phenolic OH excluding ortho intramolecular Hbond substituents is 2. The molecule has 4 nitrogen and oxygen atoms in total. The minimum absolute atomic E-state index is 0.198. The molecule has 1 aliphatic carbocycles. The van der Waals surface area contributed by atoms with Crippen molar-refractivity contribution in [2.45, 2.75) is 45.4 Å². The van der Waals surface area contributed by atoms with Gasteiger partial charge in [0.05, 0.1) is 6.61 Å². The van der Waals surface area contributed by atoms with E-state index >= 15 is 0 Å². The number of hydrogen-bond donors (Lipinski definition) is 2. The summed E-state index contributed by atoms with van der Waals surface area (Å²) in [5.41, 5.74) is 6.44. The first-order chi connectivity index (χ1) is 15.0. The molecular formula is C27H30O4. The number of carbonyl (C=O) groups is 1. The lowest BCUT2D eigenvalue weighted by molar-refractivity contribution is -0.143. The van der Waals surface area contributed by atoms with E-state index in [1.54, 1.807) is 24.3 Å². The van der Waals surface area contributed by atoms with Crippen LogP contribution in [-0.4, -0.2) is 22.8 Å². The smallest absolute Gasteiger partial charge is 0.306 e. The zero-order valence-electron chi connectivity index (χ0n) is 18.1. The van der Waals surface area contributed by atoms with Gasteiger partial charge in [0.1, 0.15) is 11.5 Å². The van der Waals surface area contributed by atoms with Crippen LogP contribution in [0.3, 0.4) is 0 Å². The van der Waals surface area contributed by atoms with Crippen molar-refractivity contribution >= 4 is 11.5 Å². The van der Waals surface area contributed by atoms with E-state index in [1.807, 2.05) is 31.2 Å². The third-order valence-electron chi connectivity index (χ3n) is 5.42. The highest BCUT2D eigenvalue weighted by Gasteiger charge is 2.16. The summed E-state index contributed by atoms with van der Waals surface area (Å²) in [7, 11) is 0. The molecule has 0 atom stereocenters. The van der Waals surface area contributed by atoms with Crippen molar-refractivity contribution in [2.75, 3.05) is 6.61 Å². The summed E-state index contributed by atoms with van der Waals surface area (Å²) in [5.74, 6) is 0.176. The van der Waals surface area contributed by atoms with Gasteiger partial charge < -0.3 is 14.9 Å². The molecule has 0 spiro atoms. The number of esters is 1. The topological polar surface area (TPSA) is 66.8 Å². The maximum Gasteiger partial charge on any atom is 0.306 e. The van der Waals surface area contributed by atoms with Gasteiger partial charge in [0.15, 0.2) is 0 Å². The van der Waals surface area contributed by atoms with Crippen LogP contribution in [0, 0.1) is 0 Å². The van der Waals surface area contributed by atoms with Crippen LogP contribution >= 0.6 is 0 Å². The van der Waals surface area contributed by atoms with E-state index < -0.39 is 0 Å². The standard InChI is InChI=1S/C27H30O4/c1-3-31-26(30)16-11-23(18-20-6-4-5-19(2)17-20)27(21-7-12-24(28)13-8-21)22-9-14-25(29)15-10-22/h7-10,12-15,18,28-29H,2-6,11,16-17H2,1H3/b20-18+. The average Bonchev–Trinajstić information content (AvgIpc) is 2.75. The number of allylic oxidation sites excluding steroid dienone is 4. The normalized spacial score (nSPS) is 15.0. The Morgan fingerprint density at radius 1 is 0.968 bits per heavy atom. The van der Waals surface area contributed by atoms with Crippen LogP contribution in [0.15, 0.2) is 77.9 Å². The number of hydrogen-bond acceptors (Lipinski definition) is 4. The summed E-state index contributed by atoms with van der Waals surface area (Å²) in [6.45, 7) is 6.34. The summed E-state index contributed by atoms with van der Waals surface area (Å²) in [6, 6.07) is 14.1. The van der Waals surface area contributed by atoms with E-state index in [2.05, 4.69) is 12.7 Å². The molecule has 2 aromatic carbocycles. The Morgan fingerprint density at radius 2 is 1.55 bits per heavy atom. The largest absolute Gasteiger partial charge is 0.508 e. The van der Waals surface area contributed by atoms with Gasteiger partial charge in [-0.2, -0.15) is 0 Å². The lowest BCUT2D eigenvalue weighted by Crippen LogP contribution is -2.05. The maximum absolute atomic E-state index is 12.1. The molecule has 31 heavy (non-hydrogen) atoms. The van der Waals surface area contributed by atoms with Gasteiger partial charge in [0.25, 0.3) is 0 Å². The minimum Gasteiger partial charge on any atom is -0.508 e. The highest BCUT2D eigenvalue weighted by atomic mass is 16.5. The second kappa shape index (κ2) is 10.7. The molecule has 162 valence electrons. The Hall–Kier alpha value is -3.27. The molecule has 4 heteroatoms. The summed E-state index contributed by atoms with van der Waals surface area (Å²) in [4.78, 5) is 12.1. The van der Waals surface area contributed by atoms with Crippen molar-refractivity contribution in [3.8, 4) is 11.5 Å². The van der Waals surface area contributed by atoms with E-state index in [0.29, 0.717) is 13.0 Å². The minimum atomic E-state index is -0.220. The van der Waals surface area contributed by atoms with Crippen LogP contribution in [0.2, 0.25) is 0 Å². The summed E-state index contributed by atoms with van der Waals surface area (Å²) in [6.07, 6.45) is 7.06. The van der Waals surface area contributed by atoms with Crippen molar-refractivity contribution < 1.29 is 19.7 Å². The molecule has 0 aromatic heterocycles. The Morgan fingerprint density at radius 3 is 2.06 bits per heavy atom. The monoisotopic (exact) mass is 418 g/mol. The van der Waals surface area contributed by atoms with Gasteiger partial charge in [-0.3, -0.25) is 4.79 Å². The number of phenols is 2. The number of carbonyl (C=O) groups excluding carboxylic acids is 1. The van der Waals surface area contributed by atoms with Crippen LogP contribution in [0.1, 0.15) is 56.6 Å². The molecule has 0 unspecified atom stereocenters. The van der Waals surface area contributed by atoms with Gasteiger partial charge in [-0.05, 0) is 85.6 Å². The van der Waals surface area contributed by atoms with Gasteiger partial charge in [0, 0.05) is 6.42 Å². The van der Waals surface area contributed by atoms with Crippen LogP contribution < -0.4 is 0 Å². The third-order valence-corrected chi connectivity index (χ3v) is 5.42. The zero-order chi connectivity index (χ0) is 22.2. The van der Waals surface area contributed by atoms with E-state index in [4.69, 9.17) is 4.74 Å². The summed E-state index contributed by atoms with van der Waals surface area (Å²) in [5, 5.41) is 19.6. The molecule has 0 amide bonds. The maximum atomic E-state index is 12.1. The van der Waals surface area contributed by atoms with Crippen molar-refractivity contribution in [3.63, 3.8) is 0 Å². The molecule has 2 N–H and O–H groups in total. The quantitative estimate of drug-likeness (QED) is 0.409. The average molecular weight is 419 g/mol. The van der Waals surface area contributed by atoms with Crippen LogP contribution in [0.25, 0.3) is 5.57 Å².